The van der Waals surface area contributed by atoms with Gasteiger partial charge in [0.15, 0.2) is 0 Å². The van der Waals surface area contributed by atoms with Crippen LogP contribution < -0.4 is 16.6 Å². The van der Waals surface area contributed by atoms with Crippen LogP contribution in [0.3, 0.4) is 0 Å². The number of nitrogens with one attached hydrogen (secondary N) is 2. The van der Waals surface area contributed by atoms with E-state index >= 15 is 0 Å². The first kappa shape index (κ1) is 13.8. The van der Waals surface area contributed by atoms with E-state index in [9.17, 15) is 9.59 Å². The SMILES string of the molecule is CC(C)(C)OC(=O)N[C@@H]1CCC[C@@H]1C(=O)NN. The zero-order valence-corrected chi connectivity index (χ0v) is 10.6. The molecule has 0 heterocycles. The molecule has 0 unspecified atom stereocenters. The molecule has 0 saturated heterocycles. The number of amides is 2. The highest BCUT2D eigenvalue weighted by atomic mass is 16.6. The van der Waals surface area contributed by atoms with E-state index in [0.29, 0.717) is 0 Å². The van der Waals surface area contributed by atoms with Crippen LogP contribution in [0.15, 0.2) is 0 Å². The summed E-state index contributed by atoms with van der Waals surface area (Å²) in [4.78, 5) is 23.0. The summed E-state index contributed by atoms with van der Waals surface area (Å²) < 4.78 is 5.15. The number of alkyl carbamates (subject to hydrolysis) is 1. The van der Waals surface area contributed by atoms with Crippen LogP contribution in [0.4, 0.5) is 4.79 Å². The summed E-state index contributed by atoms with van der Waals surface area (Å²) in [6, 6.07) is -0.187. The van der Waals surface area contributed by atoms with Crippen molar-refractivity contribution in [3.05, 3.63) is 0 Å². The molecule has 0 spiro atoms. The van der Waals surface area contributed by atoms with E-state index in [1.54, 1.807) is 20.8 Å². The molecular formula is C11H21N3O3. The molecule has 0 bridgehead atoms. The summed E-state index contributed by atoms with van der Waals surface area (Å²) in [5.41, 5.74) is 1.59. The summed E-state index contributed by atoms with van der Waals surface area (Å²) in [5, 5.41) is 2.72. The molecule has 0 aliphatic heterocycles. The highest BCUT2D eigenvalue weighted by Crippen LogP contribution is 2.26. The van der Waals surface area contributed by atoms with Crippen molar-refractivity contribution >= 4 is 12.0 Å². The van der Waals surface area contributed by atoms with Crippen LogP contribution in [0.2, 0.25) is 0 Å². The van der Waals surface area contributed by atoms with Crippen molar-refractivity contribution in [1.29, 1.82) is 0 Å². The maximum absolute atomic E-state index is 11.6. The molecule has 2 amide bonds. The number of rotatable bonds is 2. The Balaban J connectivity index is 2.50. The second kappa shape index (κ2) is 5.35. The van der Waals surface area contributed by atoms with E-state index in [4.69, 9.17) is 10.6 Å². The lowest BCUT2D eigenvalue weighted by Gasteiger charge is -2.24. The normalized spacial score (nSPS) is 24.2. The lowest BCUT2D eigenvalue weighted by Crippen LogP contribution is -2.47. The standard InChI is InChI=1S/C11H21N3O3/c1-11(2,3)17-10(16)13-8-6-4-5-7(8)9(15)14-12/h7-8H,4-6,12H2,1-3H3,(H,13,16)(H,14,15)/t7-,8+/m0/s1. The van der Waals surface area contributed by atoms with Gasteiger partial charge in [-0.1, -0.05) is 6.42 Å². The molecule has 1 aliphatic rings. The molecule has 6 heteroatoms. The molecule has 1 fully saturated rings. The van der Waals surface area contributed by atoms with Crippen LogP contribution in [0.1, 0.15) is 40.0 Å². The van der Waals surface area contributed by atoms with E-state index in [2.05, 4.69) is 10.7 Å². The topological polar surface area (TPSA) is 93.4 Å². The van der Waals surface area contributed by atoms with Gasteiger partial charge in [-0.05, 0) is 33.6 Å². The second-order valence-corrected chi connectivity index (χ2v) is 5.30. The largest absolute Gasteiger partial charge is 0.444 e. The van der Waals surface area contributed by atoms with Crippen LogP contribution in [0.25, 0.3) is 0 Å². The summed E-state index contributed by atoms with van der Waals surface area (Å²) in [7, 11) is 0. The summed E-state index contributed by atoms with van der Waals surface area (Å²) in [6.45, 7) is 5.39. The number of ether oxygens (including phenoxy) is 1. The lowest BCUT2D eigenvalue weighted by molar-refractivity contribution is -0.125. The van der Waals surface area contributed by atoms with Crippen molar-refractivity contribution in [2.75, 3.05) is 0 Å². The molecule has 2 atom stereocenters. The predicted octanol–water partition coefficient (Wildman–Crippen LogP) is 0.670. The van der Waals surface area contributed by atoms with Crippen LogP contribution >= 0.6 is 0 Å². The molecule has 0 aromatic carbocycles. The zero-order valence-electron chi connectivity index (χ0n) is 10.6. The van der Waals surface area contributed by atoms with E-state index in [1.165, 1.54) is 0 Å². The van der Waals surface area contributed by atoms with Gasteiger partial charge in [0.2, 0.25) is 5.91 Å². The summed E-state index contributed by atoms with van der Waals surface area (Å²) >= 11 is 0. The minimum absolute atomic E-state index is 0.187. The van der Waals surface area contributed by atoms with Crippen molar-refractivity contribution in [2.45, 2.75) is 51.7 Å². The fraction of sp³-hybridized carbons (Fsp3) is 0.818. The maximum atomic E-state index is 11.6. The third-order valence-corrected chi connectivity index (χ3v) is 2.70. The van der Waals surface area contributed by atoms with E-state index in [1.807, 2.05) is 0 Å². The fourth-order valence-electron chi connectivity index (χ4n) is 2.01. The Morgan fingerprint density at radius 2 is 1.94 bits per heavy atom. The van der Waals surface area contributed by atoms with E-state index in [-0.39, 0.29) is 17.9 Å². The minimum Gasteiger partial charge on any atom is -0.444 e. The first-order chi connectivity index (χ1) is 7.83. The number of hydrogen-bond acceptors (Lipinski definition) is 4. The number of hydrogen-bond donors (Lipinski definition) is 3. The Morgan fingerprint density at radius 3 is 2.47 bits per heavy atom. The van der Waals surface area contributed by atoms with Gasteiger partial charge in [-0.15, -0.1) is 0 Å². The first-order valence-corrected chi connectivity index (χ1v) is 5.83. The Hall–Kier alpha value is -1.30. The average Bonchev–Trinajstić information content (AvgIpc) is 2.61. The third kappa shape index (κ3) is 4.22. The van der Waals surface area contributed by atoms with Crippen LogP contribution in [0.5, 0.6) is 0 Å². The molecule has 1 saturated carbocycles. The molecule has 0 aromatic heterocycles. The highest BCUT2D eigenvalue weighted by Gasteiger charge is 2.34. The van der Waals surface area contributed by atoms with Gasteiger partial charge in [-0.3, -0.25) is 10.2 Å². The van der Waals surface area contributed by atoms with Gasteiger partial charge in [-0.2, -0.15) is 0 Å². The Bertz CT molecular complexity index is 299. The molecule has 0 radical (unpaired) electrons. The molecule has 98 valence electrons. The Labute approximate surface area is 101 Å². The third-order valence-electron chi connectivity index (χ3n) is 2.70. The van der Waals surface area contributed by atoms with Crippen molar-refractivity contribution in [3.63, 3.8) is 0 Å². The van der Waals surface area contributed by atoms with Crippen molar-refractivity contribution in [1.82, 2.24) is 10.7 Å². The predicted molar refractivity (Wildman–Crippen MR) is 62.8 cm³/mol. The van der Waals surface area contributed by atoms with E-state index < -0.39 is 11.7 Å². The van der Waals surface area contributed by atoms with Crippen molar-refractivity contribution in [2.24, 2.45) is 11.8 Å². The molecule has 17 heavy (non-hydrogen) atoms. The van der Waals surface area contributed by atoms with Gasteiger partial charge in [0.25, 0.3) is 0 Å². The van der Waals surface area contributed by atoms with Gasteiger partial charge in [0.05, 0.1) is 5.92 Å². The number of nitrogens with two attached hydrogens (primary N) is 1. The van der Waals surface area contributed by atoms with Gasteiger partial charge in [0.1, 0.15) is 5.60 Å². The van der Waals surface area contributed by atoms with E-state index in [0.717, 1.165) is 19.3 Å². The summed E-state index contributed by atoms with van der Waals surface area (Å²) in [6.07, 6.45) is 1.93. The monoisotopic (exact) mass is 243 g/mol. The summed E-state index contributed by atoms with van der Waals surface area (Å²) in [5.74, 6) is 4.61. The zero-order chi connectivity index (χ0) is 13.1. The number of carbonyl (C=O) groups is 2. The molecule has 4 N–H and O–H groups in total. The highest BCUT2D eigenvalue weighted by molar-refractivity contribution is 5.80. The second-order valence-electron chi connectivity index (χ2n) is 5.30. The van der Waals surface area contributed by atoms with Gasteiger partial charge in [0, 0.05) is 6.04 Å². The van der Waals surface area contributed by atoms with Crippen LogP contribution in [-0.4, -0.2) is 23.6 Å². The van der Waals surface area contributed by atoms with Crippen molar-refractivity contribution in [3.8, 4) is 0 Å². The Kier molecular flexibility index (Phi) is 4.34. The molecule has 0 aromatic rings. The fourth-order valence-corrected chi connectivity index (χ4v) is 2.01. The lowest BCUT2D eigenvalue weighted by atomic mass is 10.0. The average molecular weight is 243 g/mol. The first-order valence-electron chi connectivity index (χ1n) is 5.83. The van der Waals surface area contributed by atoms with Gasteiger partial charge >= 0.3 is 6.09 Å². The van der Waals surface area contributed by atoms with Gasteiger partial charge in [-0.25, -0.2) is 10.6 Å². The van der Waals surface area contributed by atoms with Crippen LogP contribution in [0, 0.1) is 5.92 Å². The molecule has 1 rings (SSSR count). The number of carbonyl (C=O) groups excluding carboxylic acids is 2. The maximum Gasteiger partial charge on any atom is 0.407 e. The minimum atomic E-state index is -0.533. The quantitative estimate of drug-likeness (QED) is 0.377. The van der Waals surface area contributed by atoms with Crippen molar-refractivity contribution < 1.29 is 14.3 Å². The molecular weight excluding hydrogens is 222 g/mol. The smallest absolute Gasteiger partial charge is 0.407 e. The Morgan fingerprint density at radius 1 is 1.29 bits per heavy atom. The number of hydrazine groups is 1. The molecule has 6 nitrogen and oxygen atoms in total. The van der Waals surface area contributed by atoms with Gasteiger partial charge < -0.3 is 10.1 Å². The molecule has 1 aliphatic carbocycles. The van der Waals surface area contributed by atoms with Crippen LogP contribution in [-0.2, 0) is 9.53 Å².